The molecule has 2 nitrogen and oxygen atoms in total. The minimum atomic E-state index is -0.317. The Hall–Kier alpha value is -2.32. The third kappa shape index (κ3) is 3.69. The minimum absolute atomic E-state index is 0.317. The van der Waals surface area contributed by atoms with Gasteiger partial charge in [0.25, 0.3) is 0 Å². The van der Waals surface area contributed by atoms with Crippen LogP contribution in [0.25, 0.3) is 10.8 Å². The molecule has 2 heteroatoms. The standard InChI is InChI=1S/C23H26O2/c1-17(2)23(3,24-4)21-10-7-11-22(15-21)25-16-18-12-13-19-8-5-6-9-20(19)14-18/h5-15,17H,16H2,1-4H3. The smallest absolute Gasteiger partial charge is 0.120 e. The Morgan fingerprint density at radius 3 is 2.36 bits per heavy atom. The van der Waals surface area contributed by atoms with E-state index >= 15 is 0 Å². The van der Waals surface area contributed by atoms with E-state index in [9.17, 15) is 0 Å². The molecule has 3 aromatic rings. The zero-order valence-electron chi connectivity index (χ0n) is 15.5. The van der Waals surface area contributed by atoms with Crippen LogP contribution in [0.1, 0.15) is 31.9 Å². The zero-order chi connectivity index (χ0) is 17.9. The molecule has 0 aromatic heterocycles. The molecule has 0 radical (unpaired) electrons. The van der Waals surface area contributed by atoms with E-state index in [4.69, 9.17) is 9.47 Å². The molecule has 0 fully saturated rings. The molecule has 0 N–H and O–H groups in total. The van der Waals surface area contributed by atoms with Crippen molar-refractivity contribution < 1.29 is 9.47 Å². The fourth-order valence-corrected chi connectivity index (χ4v) is 3.08. The summed E-state index contributed by atoms with van der Waals surface area (Å²) >= 11 is 0. The summed E-state index contributed by atoms with van der Waals surface area (Å²) in [6, 6.07) is 23.1. The molecule has 0 heterocycles. The Labute approximate surface area is 150 Å². The number of rotatable bonds is 6. The van der Waals surface area contributed by atoms with E-state index in [1.54, 1.807) is 7.11 Å². The predicted octanol–water partition coefficient (Wildman–Crippen LogP) is 5.94. The first-order chi connectivity index (χ1) is 12.0. The van der Waals surface area contributed by atoms with Crippen molar-refractivity contribution in [1.29, 1.82) is 0 Å². The summed E-state index contributed by atoms with van der Waals surface area (Å²) in [6.45, 7) is 7.03. The average molecular weight is 334 g/mol. The van der Waals surface area contributed by atoms with Gasteiger partial charge in [0.05, 0.1) is 5.60 Å². The van der Waals surface area contributed by atoms with Gasteiger partial charge < -0.3 is 9.47 Å². The summed E-state index contributed by atoms with van der Waals surface area (Å²) in [5.41, 5.74) is 1.99. The monoisotopic (exact) mass is 334 g/mol. The van der Waals surface area contributed by atoms with Gasteiger partial charge in [0.1, 0.15) is 12.4 Å². The van der Waals surface area contributed by atoms with Crippen molar-refractivity contribution in [2.75, 3.05) is 7.11 Å². The first kappa shape index (κ1) is 17.5. The molecular weight excluding hydrogens is 308 g/mol. The van der Waals surface area contributed by atoms with Crippen molar-refractivity contribution in [3.8, 4) is 5.75 Å². The van der Waals surface area contributed by atoms with E-state index in [0.717, 1.165) is 11.3 Å². The molecular formula is C23H26O2. The van der Waals surface area contributed by atoms with Crippen LogP contribution in [0, 0.1) is 5.92 Å². The lowest BCUT2D eigenvalue weighted by atomic mass is 9.85. The first-order valence-corrected chi connectivity index (χ1v) is 8.79. The lowest BCUT2D eigenvalue weighted by Crippen LogP contribution is -2.30. The summed E-state index contributed by atoms with van der Waals surface area (Å²) in [5.74, 6) is 1.24. The number of benzene rings is 3. The van der Waals surface area contributed by atoms with Crippen LogP contribution in [0.2, 0.25) is 0 Å². The highest BCUT2D eigenvalue weighted by Gasteiger charge is 2.30. The van der Waals surface area contributed by atoms with Crippen LogP contribution < -0.4 is 4.74 Å². The Bertz CT molecular complexity index is 853. The lowest BCUT2D eigenvalue weighted by molar-refractivity contribution is -0.0374. The molecule has 1 atom stereocenters. The van der Waals surface area contributed by atoms with Crippen LogP contribution in [0.15, 0.2) is 66.7 Å². The number of hydrogen-bond donors (Lipinski definition) is 0. The topological polar surface area (TPSA) is 18.5 Å². The normalized spacial score (nSPS) is 13.8. The first-order valence-electron chi connectivity index (χ1n) is 8.79. The second-order valence-electron chi connectivity index (χ2n) is 6.96. The van der Waals surface area contributed by atoms with Gasteiger partial charge in [-0.1, -0.05) is 62.4 Å². The Morgan fingerprint density at radius 2 is 1.64 bits per heavy atom. The summed E-state index contributed by atoms with van der Waals surface area (Å²) in [7, 11) is 1.77. The molecule has 0 aliphatic heterocycles. The van der Waals surface area contributed by atoms with Gasteiger partial charge in [-0.15, -0.1) is 0 Å². The van der Waals surface area contributed by atoms with Crippen LogP contribution in [-0.4, -0.2) is 7.11 Å². The minimum Gasteiger partial charge on any atom is -0.489 e. The van der Waals surface area contributed by atoms with Crippen LogP contribution in [0.5, 0.6) is 5.75 Å². The third-order valence-electron chi connectivity index (χ3n) is 5.15. The summed E-state index contributed by atoms with van der Waals surface area (Å²) in [5, 5.41) is 2.49. The Balaban J connectivity index is 1.78. The van der Waals surface area contributed by atoms with Crippen molar-refractivity contribution >= 4 is 10.8 Å². The summed E-state index contributed by atoms with van der Waals surface area (Å²) in [4.78, 5) is 0. The molecule has 3 rings (SSSR count). The number of fused-ring (bicyclic) bond motifs is 1. The van der Waals surface area contributed by atoms with Gasteiger partial charge >= 0.3 is 0 Å². The highest BCUT2D eigenvalue weighted by atomic mass is 16.5. The average Bonchev–Trinajstić information content (AvgIpc) is 2.65. The van der Waals surface area contributed by atoms with E-state index in [0.29, 0.717) is 12.5 Å². The van der Waals surface area contributed by atoms with Gasteiger partial charge in [-0.05, 0) is 52.9 Å². The maximum Gasteiger partial charge on any atom is 0.120 e. The van der Waals surface area contributed by atoms with E-state index in [1.165, 1.54) is 16.3 Å². The second kappa shape index (κ2) is 7.28. The molecule has 25 heavy (non-hydrogen) atoms. The molecule has 1 unspecified atom stereocenters. The van der Waals surface area contributed by atoms with Crippen molar-refractivity contribution in [1.82, 2.24) is 0 Å². The fraction of sp³-hybridized carbons (Fsp3) is 0.304. The van der Waals surface area contributed by atoms with Gasteiger partial charge in [0.15, 0.2) is 0 Å². The number of ether oxygens (including phenoxy) is 2. The second-order valence-corrected chi connectivity index (χ2v) is 6.96. The van der Waals surface area contributed by atoms with E-state index < -0.39 is 0 Å². The van der Waals surface area contributed by atoms with Gasteiger partial charge in [-0.2, -0.15) is 0 Å². The Morgan fingerprint density at radius 1 is 0.880 bits per heavy atom. The molecule has 0 spiro atoms. The van der Waals surface area contributed by atoms with Crippen LogP contribution in [-0.2, 0) is 16.9 Å². The van der Waals surface area contributed by atoms with Crippen molar-refractivity contribution in [3.63, 3.8) is 0 Å². The quantitative estimate of drug-likeness (QED) is 0.555. The molecule has 130 valence electrons. The van der Waals surface area contributed by atoms with Gasteiger partial charge in [-0.3, -0.25) is 0 Å². The molecule has 3 aromatic carbocycles. The van der Waals surface area contributed by atoms with E-state index in [-0.39, 0.29) is 5.60 Å². The highest BCUT2D eigenvalue weighted by Crippen LogP contribution is 2.34. The SMILES string of the molecule is COC(C)(c1cccc(OCc2ccc3ccccc3c2)c1)C(C)C. The number of methoxy groups -OCH3 is 1. The highest BCUT2D eigenvalue weighted by molar-refractivity contribution is 5.82. The summed E-state index contributed by atoms with van der Waals surface area (Å²) < 4.78 is 11.8. The Kier molecular flexibility index (Phi) is 5.10. The molecule has 0 saturated carbocycles. The maximum atomic E-state index is 6.05. The maximum absolute atomic E-state index is 6.05. The number of hydrogen-bond acceptors (Lipinski definition) is 2. The van der Waals surface area contributed by atoms with Crippen LogP contribution in [0.4, 0.5) is 0 Å². The van der Waals surface area contributed by atoms with Crippen molar-refractivity contribution in [2.45, 2.75) is 33.0 Å². The summed E-state index contributed by atoms with van der Waals surface area (Å²) in [6.07, 6.45) is 0. The molecule has 0 aliphatic rings. The predicted molar refractivity (Wildman–Crippen MR) is 104 cm³/mol. The largest absolute Gasteiger partial charge is 0.489 e. The van der Waals surface area contributed by atoms with E-state index in [1.807, 2.05) is 12.1 Å². The molecule has 0 aliphatic carbocycles. The fourth-order valence-electron chi connectivity index (χ4n) is 3.08. The lowest BCUT2D eigenvalue weighted by Gasteiger charge is -2.33. The molecule has 0 bridgehead atoms. The van der Waals surface area contributed by atoms with Crippen LogP contribution >= 0.6 is 0 Å². The third-order valence-corrected chi connectivity index (χ3v) is 5.15. The van der Waals surface area contributed by atoms with Crippen molar-refractivity contribution in [3.05, 3.63) is 77.9 Å². The molecule has 0 amide bonds. The molecule has 0 saturated heterocycles. The zero-order valence-corrected chi connectivity index (χ0v) is 15.5. The van der Waals surface area contributed by atoms with Gasteiger partial charge in [0.2, 0.25) is 0 Å². The van der Waals surface area contributed by atoms with Gasteiger partial charge in [-0.25, -0.2) is 0 Å². The van der Waals surface area contributed by atoms with E-state index in [2.05, 4.69) is 75.4 Å². The van der Waals surface area contributed by atoms with Crippen LogP contribution in [0.3, 0.4) is 0 Å². The van der Waals surface area contributed by atoms with Crippen molar-refractivity contribution in [2.24, 2.45) is 5.92 Å². The van der Waals surface area contributed by atoms with Gasteiger partial charge in [0, 0.05) is 7.11 Å².